The Balaban J connectivity index is 2.00. The quantitative estimate of drug-likeness (QED) is 0.790. The Hall–Kier alpha value is -1.31. The van der Waals surface area contributed by atoms with E-state index >= 15 is 0 Å². The van der Waals surface area contributed by atoms with Crippen LogP contribution in [0, 0.1) is 5.92 Å². The van der Waals surface area contributed by atoms with Crippen LogP contribution in [0.4, 0.5) is 0 Å². The number of benzene rings is 1. The number of ether oxygens (including phenoxy) is 1. The standard InChI is InChI=1S/C16H23ClN2O4S/c1-18(11-13-10-14(17)4-5-15(13)23-2)16(20)12-6-8-19(9-7-12)24(3,21)22/h4-5,10,12H,6-9,11H2,1-3H3. The maximum Gasteiger partial charge on any atom is 0.225 e. The van der Waals surface area contributed by atoms with E-state index in [-0.39, 0.29) is 11.8 Å². The molecule has 1 saturated heterocycles. The summed E-state index contributed by atoms with van der Waals surface area (Å²) in [5.74, 6) is 0.550. The van der Waals surface area contributed by atoms with Crippen molar-refractivity contribution in [1.82, 2.24) is 9.21 Å². The Morgan fingerprint density at radius 1 is 1.38 bits per heavy atom. The fourth-order valence-corrected chi connectivity index (χ4v) is 4.02. The summed E-state index contributed by atoms with van der Waals surface area (Å²) in [4.78, 5) is 14.3. The summed E-state index contributed by atoms with van der Waals surface area (Å²) in [7, 11) is 0.140. The second-order valence-electron chi connectivity index (χ2n) is 6.09. The first kappa shape index (κ1) is 19.0. The molecule has 1 amide bonds. The molecule has 1 aliphatic rings. The van der Waals surface area contributed by atoms with Crippen LogP contribution in [-0.2, 0) is 21.4 Å². The van der Waals surface area contributed by atoms with E-state index in [4.69, 9.17) is 16.3 Å². The molecule has 0 aliphatic carbocycles. The lowest BCUT2D eigenvalue weighted by molar-refractivity contribution is -0.135. The SMILES string of the molecule is COc1ccc(Cl)cc1CN(C)C(=O)C1CCN(S(C)(=O)=O)CC1. The molecule has 24 heavy (non-hydrogen) atoms. The van der Waals surface area contributed by atoms with Gasteiger partial charge in [0.2, 0.25) is 15.9 Å². The first-order valence-corrected chi connectivity index (χ1v) is 9.97. The largest absolute Gasteiger partial charge is 0.496 e. The molecule has 0 bridgehead atoms. The maximum atomic E-state index is 12.6. The molecule has 0 unspecified atom stereocenters. The minimum Gasteiger partial charge on any atom is -0.496 e. The molecule has 1 aromatic carbocycles. The molecule has 0 saturated carbocycles. The number of hydrogen-bond acceptors (Lipinski definition) is 4. The zero-order valence-electron chi connectivity index (χ0n) is 14.2. The van der Waals surface area contributed by atoms with Crippen LogP contribution in [0.5, 0.6) is 5.75 Å². The van der Waals surface area contributed by atoms with Crippen LogP contribution >= 0.6 is 11.6 Å². The summed E-state index contributed by atoms with van der Waals surface area (Å²) in [6, 6.07) is 5.31. The van der Waals surface area contributed by atoms with E-state index < -0.39 is 10.0 Å². The minimum absolute atomic E-state index is 0.0187. The third-order valence-electron chi connectivity index (χ3n) is 4.30. The van der Waals surface area contributed by atoms with Gasteiger partial charge < -0.3 is 9.64 Å². The topological polar surface area (TPSA) is 66.9 Å². The lowest BCUT2D eigenvalue weighted by atomic mass is 9.96. The van der Waals surface area contributed by atoms with E-state index in [0.29, 0.717) is 43.2 Å². The van der Waals surface area contributed by atoms with Crippen LogP contribution in [0.15, 0.2) is 18.2 Å². The molecule has 0 aromatic heterocycles. The Morgan fingerprint density at radius 2 is 2.00 bits per heavy atom. The van der Waals surface area contributed by atoms with Crippen LogP contribution in [0.2, 0.25) is 5.02 Å². The summed E-state index contributed by atoms with van der Waals surface area (Å²) >= 11 is 6.02. The summed E-state index contributed by atoms with van der Waals surface area (Å²) in [5.41, 5.74) is 0.842. The van der Waals surface area contributed by atoms with Crippen LogP contribution in [0.25, 0.3) is 0 Å². The fraction of sp³-hybridized carbons (Fsp3) is 0.562. The molecule has 1 heterocycles. The number of nitrogens with zero attached hydrogens (tertiary/aromatic N) is 2. The van der Waals surface area contributed by atoms with Gasteiger partial charge in [0.25, 0.3) is 0 Å². The lowest BCUT2D eigenvalue weighted by Gasteiger charge is -2.32. The van der Waals surface area contributed by atoms with Gasteiger partial charge in [-0.05, 0) is 31.0 Å². The van der Waals surface area contributed by atoms with Gasteiger partial charge in [-0.2, -0.15) is 0 Å². The number of sulfonamides is 1. The zero-order chi connectivity index (χ0) is 17.9. The third-order valence-corrected chi connectivity index (χ3v) is 5.84. The van der Waals surface area contributed by atoms with E-state index in [0.717, 1.165) is 5.56 Å². The van der Waals surface area contributed by atoms with Crippen molar-refractivity contribution in [3.63, 3.8) is 0 Å². The molecular weight excluding hydrogens is 352 g/mol. The van der Waals surface area contributed by atoms with Gasteiger partial charge in [0, 0.05) is 43.2 Å². The number of rotatable bonds is 5. The monoisotopic (exact) mass is 374 g/mol. The highest BCUT2D eigenvalue weighted by atomic mass is 35.5. The Morgan fingerprint density at radius 3 is 2.54 bits per heavy atom. The highest BCUT2D eigenvalue weighted by Crippen LogP contribution is 2.26. The molecule has 0 N–H and O–H groups in total. The molecule has 1 fully saturated rings. The molecule has 0 spiro atoms. The fourth-order valence-electron chi connectivity index (χ4n) is 2.95. The van der Waals surface area contributed by atoms with Gasteiger partial charge in [0.1, 0.15) is 5.75 Å². The van der Waals surface area contributed by atoms with Gasteiger partial charge in [-0.15, -0.1) is 0 Å². The van der Waals surface area contributed by atoms with Gasteiger partial charge in [-0.1, -0.05) is 11.6 Å². The van der Waals surface area contributed by atoms with Crippen LogP contribution in [0.3, 0.4) is 0 Å². The molecule has 8 heteroatoms. The molecule has 1 aliphatic heterocycles. The molecule has 6 nitrogen and oxygen atoms in total. The average molecular weight is 375 g/mol. The van der Waals surface area contributed by atoms with Gasteiger partial charge in [0.05, 0.1) is 13.4 Å². The van der Waals surface area contributed by atoms with E-state index in [1.165, 1.54) is 10.6 Å². The van der Waals surface area contributed by atoms with Crippen molar-refractivity contribution in [2.24, 2.45) is 5.92 Å². The predicted molar refractivity (Wildman–Crippen MR) is 93.6 cm³/mol. The zero-order valence-corrected chi connectivity index (χ0v) is 15.7. The molecule has 0 atom stereocenters. The number of halogens is 1. The highest BCUT2D eigenvalue weighted by molar-refractivity contribution is 7.88. The Bertz CT molecular complexity index is 700. The highest BCUT2D eigenvalue weighted by Gasteiger charge is 2.30. The molecule has 2 rings (SSSR count). The number of amides is 1. The number of hydrogen-bond donors (Lipinski definition) is 0. The first-order chi connectivity index (χ1) is 11.2. The van der Waals surface area contributed by atoms with E-state index in [1.54, 1.807) is 37.3 Å². The Kier molecular flexibility index (Phi) is 6.11. The van der Waals surface area contributed by atoms with Crippen LogP contribution in [0.1, 0.15) is 18.4 Å². The van der Waals surface area contributed by atoms with Crippen molar-refractivity contribution in [2.45, 2.75) is 19.4 Å². The number of piperidine rings is 1. The molecular formula is C16H23ClN2O4S. The summed E-state index contributed by atoms with van der Waals surface area (Å²) < 4.78 is 29.8. The number of carbonyl (C=O) groups excluding carboxylic acids is 1. The molecule has 134 valence electrons. The minimum atomic E-state index is -3.18. The van der Waals surface area contributed by atoms with Crippen molar-refractivity contribution in [3.8, 4) is 5.75 Å². The van der Waals surface area contributed by atoms with E-state index in [9.17, 15) is 13.2 Å². The third kappa shape index (κ3) is 4.62. The first-order valence-electron chi connectivity index (χ1n) is 7.75. The van der Waals surface area contributed by atoms with E-state index in [2.05, 4.69) is 0 Å². The van der Waals surface area contributed by atoms with Gasteiger partial charge in [0.15, 0.2) is 0 Å². The van der Waals surface area contributed by atoms with Crippen molar-refractivity contribution in [2.75, 3.05) is 33.5 Å². The summed E-state index contributed by atoms with van der Waals surface area (Å²) in [5, 5.41) is 0.591. The summed E-state index contributed by atoms with van der Waals surface area (Å²) in [6.45, 7) is 1.18. The van der Waals surface area contributed by atoms with Crippen LogP contribution < -0.4 is 4.74 Å². The normalized spacial score (nSPS) is 16.8. The van der Waals surface area contributed by atoms with Crippen molar-refractivity contribution in [3.05, 3.63) is 28.8 Å². The molecule has 1 aromatic rings. The lowest BCUT2D eigenvalue weighted by Crippen LogP contribution is -2.42. The smallest absolute Gasteiger partial charge is 0.225 e. The van der Waals surface area contributed by atoms with Gasteiger partial charge in [-0.25, -0.2) is 12.7 Å². The van der Waals surface area contributed by atoms with Crippen molar-refractivity contribution < 1.29 is 17.9 Å². The van der Waals surface area contributed by atoms with Crippen molar-refractivity contribution in [1.29, 1.82) is 0 Å². The second-order valence-corrected chi connectivity index (χ2v) is 8.51. The van der Waals surface area contributed by atoms with Gasteiger partial charge >= 0.3 is 0 Å². The summed E-state index contributed by atoms with van der Waals surface area (Å²) in [6.07, 6.45) is 2.29. The van der Waals surface area contributed by atoms with Crippen molar-refractivity contribution >= 4 is 27.5 Å². The Labute approximate surface area is 148 Å². The number of carbonyl (C=O) groups is 1. The molecule has 0 radical (unpaired) electrons. The van der Waals surface area contributed by atoms with Crippen LogP contribution in [-0.4, -0.2) is 57.0 Å². The predicted octanol–water partition coefficient (Wildman–Crippen LogP) is 1.98. The average Bonchev–Trinajstić information content (AvgIpc) is 2.53. The number of methoxy groups -OCH3 is 1. The van der Waals surface area contributed by atoms with Gasteiger partial charge in [-0.3, -0.25) is 4.79 Å². The second kappa shape index (κ2) is 7.72. The maximum absolute atomic E-state index is 12.6. The van der Waals surface area contributed by atoms with E-state index in [1.807, 2.05) is 0 Å².